The standard InChI is InChI=1S/C23H27FN4O2/c1-15-4-7-20(25-14-15)27-8-10-28(11-9-27)22(30)17-6-5-16(12-19(17)24)18-13-23(2,3)26-21(18)29/h4-7,12,14,18H,8-11,13H2,1-3H3,(H,26,29). The van der Waals surface area contributed by atoms with Crippen LogP contribution in [0.2, 0.25) is 0 Å². The number of piperazine rings is 1. The minimum atomic E-state index is -0.572. The summed E-state index contributed by atoms with van der Waals surface area (Å²) in [5.41, 5.74) is 1.46. The Kier molecular flexibility index (Phi) is 5.22. The summed E-state index contributed by atoms with van der Waals surface area (Å²) in [6.07, 6.45) is 2.43. The molecule has 0 saturated carbocycles. The maximum absolute atomic E-state index is 14.8. The van der Waals surface area contributed by atoms with Crippen molar-refractivity contribution in [2.75, 3.05) is 31.1 Å². The van der Waals surface area contributed by atoms with Gasteiger partial charge in [-0.05, 0) is 56.5 Å². The summed E-state index contributed by atoms with van der Waals surface area (Å²) in [5.74, 6) is -0.478. The SMILES string of the molecule is Cc1ccc(N2CCN(C(=O)c3ccc(C4CC(C)(C)NC4=O)cc3F)CC2)nc1. The number of pyridine rings is 1. The number of rotatable bonds is 3. The number of nitrogens with one attached hydrogen (secondary N) is 1. The van der Waals surface area contributed by atoms with E-state index in [2.05, 4.69) is 15.2 Å². The molecule has 2 amide bonds. The Balaban J connectivity index is 1.43. The van der Waals surface area contributed by atoms with Crippen molar-refractivity contribution in [1.29, 1.82) is 0 Å². The van der Waals surface area contributed by atoms with Crippen LogP contribution >= 0.6 is 0 Å². The van der Waals surface area contributed by atoms with E-state index in [0.717, 1.165) is 11.4 Å². The number of amides is 2. The van der Waals surface area contributed by atoms with Gasteiger partial charge in [0.25, 0.3) is 5.91 Å². The molecule has 2 aromatic rings. The minimum Gasteiger partial charge on any atom is -0.353 e. The van der Waals surface area contributed by atoms with Gasteiger partial charge in [0.2, 0.25) is 5.91 Å². The number of halogens is 1. The smallest absolute Gasteiger partial charge is 0.256 e. The fourth-order valence-corrected chi connectivity index (χ4v) is 4.22. The van der Waals surface area contributed by atoms with E-state index >= 15 is 0 Å². The van der Waals surface area contributed by atoms with Crippen LogP contribution < -0.4 is 10.2 Å². The van der Waals surface area contributed by atoms with Crippen LogP contribution in [0.15, 0.2) is 36.5 Å². The molecule has 0 spiro atoms. The Morgan fingerprint density at radius 1 is 1.17 bits per heavy atom. The van der Waals surface area contributed by atoms with Gasteiger partial charge in [0.15, 0.2) is 0 Å². The van der Waals surface area contributed by atoms with Crippen LogP contribution in [0.1, 0.15) is 47.7 Å². The van der Waals surface area contributed by atoms with Gasteiger partial charge in [0, 0.05) is 37.9 Å². The summed E-state index contributed by atoms with van der Waals surface area (Å²) in [5, 5.41) is 2.92. The fraction of sp³-hybridized carbons (Fsp3) is 0.435. The van der Waals surface area contributed by atoms with Gasteiger partial charge in [-0.2, -0.15) is 0 Å². The van der Waals surface area contributed by atoms with E-state index in [0.29, 0.717) is 38.2 Å². The molecule has 1 unspecified atom stereocenters. The second-order valence-electron chi connectivity index (χ2n) is 8.84. The average Bonchev–Trinajstić information content (AvgIpc) is 3.00. The summed E-state index contributed by atoms with van der Waals surface area (Å²) in [6, 6.07) is 8.55. The molecular weight excluding hydrogens is 383 g/mol. The van der Waals surface area contributed by atoms with Crippen LogP contribution in [0.5, 0.6) is 0 Å². The van der Waals surface area contributed by atoms with Crippen molar-refractivity contribution in [3.05, 3.63) is 59.0 Å². The molecule has 0 bridgehead atoms. The zero-order valence-electron chi connectivity index (χ0n) is 17.6. The van der Waals surface area contributed by atoms with Crippen molar-refractivity contribution in [2.45, 2.75) is 38.6 Å². The van der Waals surface area contributed by atoms with E-state index in [-0.39, 0.29) is 28.8 Å². The average molecular weight is 410 g/mol. The molecule has 3 heterocycles. The number of anilines is 1. The topological polar surface area (TPSA) is 65.5 Å². The molecule has 1 aromatic carbocycles. The van der Waals surface area contributed by atoms with Crippen LogP contribution in [-0.2, 0) is 4.79 Å². The van der Waals surface area contributed by atoms with Crippen LogP contribution in [0.25, 0.3) is 0 Å². The third-order valence-corrected chi connectivity index (χ3v) is 5.91. The molecule has 2 aliphatic heterocycles. The predicted molar refractivity (Wildman–Crippen MR) is 113 cm³/mol. The van der Waals surface area contributed by atoms with Gasteiger partial charge in [-0.3, -0.25) is 9.59 Å². The lowest BCUT2D eigenvalue weighted by Crippen LogP contribution is -2.49. The summed E-state index contributed by atoms with van der Waals surface area (Å²) in [4.78, 5) is 33.3. The molecule has 4 rings (SSSR count). The van der Waals surface area contributed by atoms with Crippen molar-refractivity contribution in [1.82, 2.24) is 15.2 Å². The molecule has 0 aliphatic carbocycles. The zero-order chi connectivity index (χ0) is 21.5. The van der Waals surface area contributed by atoms with Gasteiger partial charge in [0.05, 0.1) is 11.5 Å². The molecule has 1 aromatic heterocycles. The summed E-state index contributed by atoms with van der Waals surface area (Å²) in [7, 11) is 0. The van der Waals surface area contributed by atoms with E-state index in [9.17, 15) is 14.0 Å². The van der Waals surface area contributed by atoms with E-state index in [1.54, 1.807) is 11.0 Å². The Morgan fingerprint density at radius 2 is 1.90 bits per heavy atom. The first kappa shape index (κ1) is 20.3. The number of aromatic nitrogens is 1. The number of carbonyl (C=O) groups excluding carboxylic acids is 2. The van der Waals surface area contributed by atoms with Crippen molar-refractivity contribution < 1.29 is 14.0 Å². The highest BCUT2D eigenvalue weighted by atomic mass is 19.1. The molecule has 158 valence electrons. The Bertz CT molecular complexity index is 966. The second-order valence-corrected chi connectivity index (χ2v) is 8.84. The van der Waals surface area contributed by atoms with Gasteiger partial charge in [0.1, 0.15) is 11.6 Å². The summed E-state index contributed by atoms with van der Waals surface area (Å²) in [6.45, 7) is 8.21. The predicted octanol–water partition coefficient (Wildman–Crippen LogP) is 2.87. The quantitative estimate of drug-likeness (QED) is 0.845. The van der Waals surface area contributed by atoms with Crippen LogP contribution in [-0.4, -0.2) is 53.4 Å². The number of carbonyl (C=O) groups is 2. The van der Waals surface area contributed by atoms with Crippen LogP contribution in [0.4, 0.5) is 10.2 Å². The van der Waals surface area contributed by atoms with E-state index in [4.69, 9.17) is 0 Å². The Morgan fingerprint density at radius 3 is 2.47 bits per heavy atom. The van der Waals surface area contributed by atoms with Crippen LogP contribution in [0.3, 0.4) is 0 Å². The number of nitrogens with zero attached hydrogens (tertiary/aromatic N) is 3. The van der Waals surface area contributed by atoms with Crippen molar-refractivity contribution >= 4 is 17.6 Å². The highest BCUT2D eigenvalue weighted by Crippen LogP contribution is 2.33. The van der Waals surface area contributed by atoms with Crippen LogP contribution in [0, 0.1) is 12.7 Å². The first-order valence-corrected chi connectivity index (χ1v) is 10.3. The lowest BCUT2D eigenvalue weighted by Gasteiger charge is -2.35. The van der Waals surface area contributed by atoms with E-state index < -0.39 is 5.82 Å². The summed E-state index contributed by atoms with van der Waals surface area (Å²) < 4.78 is 14.8. The molecule has 2 aliphatic rings. The van der Waals surface area contributed by atoms with E-state index in [1.165, 1.54) is 12.1 Å². The largest absolute Gasteiger partial charge is 0.353 e. The van der Waals surface area contributed by atoms with Gasteiger partial charge >= 0.3 is 0 Å². The molecule has 0 radical (unpaired) electrons. The molecule has 6 nitrogen and oxygen atoms in total. The lowest BCUT2D eigenvalue weighted by molar-refractivity contribution is -0.120. The second kappa shape index (κ2) is 7.70. The number of aryl methyl sites for hydroxylation is 1. The van der Waals surface area contributed by atoms with Gasteiger partial charge in [-0.1, -0.05) is 12.1 Å². The highest BCUT2D eigenvalue weighted by Gasteiger charge is 2.38. The van der Waals surface area contributed by atoms with Crippen molar-refractivity contribution in [2.24, 2.45) is 0 Å². The third-order valence-electron chi connectivity index (χ3n) is 5.91. The Labute approximate surface area is 176 Å². The molecule has 1 atom stereocenters. The number of benzene rings is 1. The highest BCUT2D eigenvalue weighted by molar-refractivity contribution is 5.95. The molecule has 1 N–H and O–H groups in total. The molecule has 2 fully saturated rings. The normalized spacial score (nSPS) is 20.9. The maximum atomic E-state index is 14.8. The fourth-order valence-electron chi connectivity index (χ4n) is 4.22. The van der Waals surface area contributed by atoms with Gasteiger partial charge < -0.3 is 15.1 Å². The molecular formula is C23H27FN4O2. The maximum Gasteiger partial charge on any atom is 0.256 e. The Hall–Kier alpha value is -2.96. The first-order valence-electron chi connectivity index (χ1n) is 10.3. The summed E-state index contributed by atoms with van der Waals surface area (Å²) >= 11 is 0. The van der Waals surface area contributed by atoms with Gasteiger partial charge in [-0.15, -0.1) is 0 Å². The zero-order valence-corrected chi connectivity index (χ0v) is 17.6. The first-order chi connectivity index (χ1) is 14.2. The molecule has 30 heavy (non-hydrogen) atoms. The number of hydrogen-bond acceptors (Lipinski definition) is 4. The minimum absolute atomic E-state index is 0.0540. The molecule has 2 saturated heterocycles. The lowest BCUT2D eigenvalue weighted by atomic mass is 9.90. The molecule has 7 heteroatoms. The van der Waals surface area contributed by atoms with Crippen molar-refractivity contribution in [3.8, 4) is 0 Å². The van der Waals surface area contributed by atoms with E-state index in [1.807, 2.05) is 39.1 Å². The monoisotopic (exact) mass is 410 g/mol. The number of hydrogen-bond donors (Lipinski definition) is 1. The van der Waals surface area contributed by atoms with Gasteiger partial charge in [-0.25, -0.2) is 9.37 Å². The third kappa shape index (κ3) is 4.01. The van der Waals surface area contributed by atoms with Crippen molar-refractivity contribution in [3.63, 3.8) is 0 Å².